The third kappa shape index (κ3) is 2.37. The number of nitrogens with one attached hydrogen (secondary N) is 1. The second kappa shape index (κ2) is 5.31. The van der Waals surface area contributed by atoms with Gasteiger partial charge in [0.2, 0.25) is 5.91 Å². The number of aromatic amines is 1. The highest BCUT2D eigenvalue weighted by Crippen LogP contribution is 2.31. The van der Waals surface area contributed by atoms with E-state index in [2.05, 4.69) is 20.9 Å². The minimum Gasteiger partial charge on any atom is -0.366 e. The van der Waals surface area contributed by atoms with Crippen LogP contribution in [0.1, 0.15) is 20.7 Å². The molecule has 0 aliphatic carbocycles. The predicted octanol–water partition coefficient (Wildman–Crippen LogP) is 2.80. The summed E-state index contributed by atoms with van der Waals surface area (Å²) in [5, 5.41) is 0.843. The standard InChI is InChI=1S/C16H12BrN3O2/c17-12-5-4-10(16(19)22)14-11(12)7-13(20-14)8-2-1-3-9(6-8)15(18)21/h1-7,20H,(H2,18,21)(H2,19,22). The molecule has 2 aromatic carbocycles. The van der Waals surface area contributed by atoms with Crippen LogP contribution < -0.4 is 11.5 Å². The number of aromatic nitrogens is 1. The van der Waals surface area contributed by atoms with Gasteiger partial charge in [0.1, 0.15) is 0 Å². The summed E-state index contributed by atoms with van der Waals surface area (Å²) in [4.78, 5) is 26.0. The molecule has 0 bridgehead atoms. The zero-order chi connectivity index (χ0) is 15.9. The molecular formula is C16H12BrN3O2. The lowest BCUT2D eigenvalue weighted by atomic mass is 10.1. The second-order valence-electron chi connectivity index (χ2n) is 4.88. The number of halogens is 1. The van der Waals surface area contributed by atoms with Crippen molar-refractivity contribution in [1.29, 1.82) is 0 Å². The third-order valence-electron chi connectivity index (χ3n) is 3.46. The molecule has 0 spiro atoms. The average molecular weight is 358 g/mol. The predicted molar refractivity (Wildman–Crippen MR) is 88.5 cm³/mol. The molecule has 0 fully saturated rings. The number of carbonyl (C=O) groups is 2. The van der Waals surface area contributed by atoms with E-state index in [1.807, 2.05) is 12.1 Å². The SMILES string of the molecule is NC(=O)c1cccc(-c2cc3c(Br)ccc(C(N)=O)c3[nH]2)c1. The van der Waals surface area contributed by atoms with Crippen LogP contribution in [0.15, 0.2) is 46.9 Å². The maximum absolute atomic E-state index is 11.5. The molecule has 6 heteroatoms. The number of amides is 2. The van der Waals surface area contributed by atoms with Gasteiger partial charge < -0.3 is 16.5 Å². The van der Waals surface area contributed by atoms with Crippen molar-refractivity contribution in [2.24, 2.45) is 11.5 Å². The van der Waals surface area contributed by atoms with Crippen molar-refractivity contribution in [3.63, 3.8) is 0 Å². The van der Waals surface area contributed by atoms with Crippen LogP contribution in [0.5, 0.6) is 0 Å². The van der Waals surface area contributed by atoms with Crippen LogP contribution in [-0.4, -0.2) is 16.8 Å². The Morgan fingerprint density at radius 1 is 1.00 bits per heavy atom. The van der Waals surface area contributed by atoms with Gasteiger partial charge >= 0.3 is 0 Å². The molecular weight excluding hydrogens is 346 g/mol. The highest BCUT2D eigenvalue weighted by molar-refractivity contribution is 9.10. The number of hydrogen-bond donors (Lipinski definition) is 3. The van der Waals surface area contributed by atoms with Crippen molar-refractivity contribution in [2.75, 3.05) is 0 Å². The molecule has 1 heterocycles. The zero-order valence-electron chi connectivity index (χ0n) is 11.4. The van der Waals surface area contributed by atoms with Crippen LogP contribution in [0.3, 0.4) is 0 Å². The van der Waals surface area contributed by atoms with Crippen molar-refractivity contribution in [2.45, 2.75) is 0 Å². The molecule has 110 valence electrons. The number of rotatable bonds is 3. The summed E-state index contributed by atoms with van der Waals surface area (Å²) >= 11 is 3.46. The molecule has 0 aliphatic rings. The first-order valence-electron chi connectivity index (χ1n) is 6.48. The number of fused-ring (bicyclic) bond motifs is 1. The van der Waals surface area contributed by atoms with Crippen molar-refractivity contribution in [3.05, 3.63) is 58.1 Å². The molecule has 0 radical (unpaired) electrons. The smallest absolute Gasteiger partial charge is 0.250 e. The van der Waals surface area contributed by atoms with Crippen LogP contribution in [0, 0.1) is 0 Å². The monoisotopic (exact) mass is 357 g/mol. The number of benzene rings is 2. The molecule has 0 saturated carbocycles. The molecule has 3 aromatic rings. The third-order valence-corrected chi connectivity index (χ3v) is 4.16. The fourth-order valence-electron chi connectivity index (χ4n) is 2.39. The van der Waals surface area contributed by atoms with E-state index in [1.165, 1.54) is 0 Å². The topological polar surface area (TPSA) is 102 Å². The minimum atomic E-state index is -0.503. The van der Waals surface area contributed by atoms with E-state index in [0.717, 1.165) is 21.1 Å². The summed E-state index contributed by atoms with van der Waals surface area (Å²) in [6.45, 7) is 0. The maximum atomic E-state index is 11.5. The van der Waals surface area contributed by atoms with E-state index < -0.39 is 11.8 Å². The van der Waals surface area contributed by atoms with E-state index in [4.69, 9.17) is 11.5 Å². The summed E-state index contributed by atoms with van der Waals surface area (Å²) in [6.07, 6.45) is 0. The van der Waals surface area contributed by atoms with Crippen molar-refractivity contribution in [1.82, 2.24) is 4.98 Å². The first-order chi connectivity index (χ1) is 10.5. The Hall–Kier alpha value is -2.60. The number of carbonyl (C=O) groups excluding carboxylic acids is 2. The van der Waals surface area contributed by atoms with Crippen LogP contribution >= 0.6 is 15.9 Å². The number of nitrogens with two attached hydrogens (primary N) is 2. The molecule has 2 amide bonds. The normalized spacial score (nSPS) is 10.8. The fraction of sp³-hybridized carbons (Fsp3) is 0. The average Bonchev–Trinajstić information content (AvgIpc) is 2.93. The molecule has 0 unspecified atom stereocenters. The van der Waals surface area contributed by atoms with Gasteiger partial charge in [0, 0.05) is 21.1 Å². The molecule has 0 atom stereocenters. The van der Waals surface area contributed by atoms with E-state index in [9.17, 15) is 9.59 Å². The number of H-pyrrole nitrogens is 1. The molecule has 0 saturated heterocycles. The lowest BCUT2D eigenvalue weighted by Crippen LogP contribution is -2.11. The van der Waals surface area contributed by atoms with Crippen molar-refractivity contribution in [3.8, 4) is 11.3 Å². The van der Waals surface area contributed by atoms with Crippen LogP contribution in [0.25, 0.3) is 22.2 Å². The van der Waals surface area contributed by atoms with E-state index in [0.29, 0.717) is 16.6 Å². The Bertz CT molecular complexity index is 915. The molecule has 0 aliphatic heterocycles. The van der Waals surface area contributed by atoms with Gasteiger partial charge in [-0.15, -0.1) is 0 Å². The highest BCUT2D eigenvalue weighted by Gasteiger charge is 2.13. The Morgan fingerprint density at radius 3 is 2.45 bits per heavy atom. The summed E-state index contributed by atoms with van der Waals surface area (Å²) < 4.78 is 0.848. The van der Waals surface area contributed by atoms with E-state index >= 15 is 0 Å². The minimum absolute atomic E-state index is 0.413. The van der Waals surface area contributed by atoms with E-state index in [-0.39, 0.29) is 0 Å². The van der Waals surface area contributed by atoms with Crippen LogP contribution in [0.2, 0.25) is 0 Å². The Labute approximate surface area is 134 Å². The summed E-state index contributed by atoms with van der Waals surface area (Å²) in [7, 11) is 0. The van der Waals surface area contributed by atoms with Crippen LogP contribution in [0.4, 0.5) is 0 Å². The van der Waals surface area contributed by atoms with E-state index in [1.54, 1.807) is 30.3 Å². The molecule has 3 rings (SSSR count). The first kappa shape index (κ1) is 14.3. The van der Waals surface area contributed by atoms with Gasteiger partial charge in [0.25, 0.3) is 5.91 Å². The second-order valence-corrected chi connectivity index (χ2v) is 5.73. The molecule has 5 N–H and O–H groups in total. The molecule has 22 heavy (non-hydrogen) atoms. The number of primary amides is 2. The van der Waals surface area contributed by atoms with Crippen molar-refractivity contribution >= 4 is 38.6 Å². The van der Waals surface area contributed by atoms with Gasteiger partial charge in [-0.1, -0.05) is 28.1 Å². The lowest BCUT2D eigenvalue weighted by molar-refractivity contribution is 0.0992. The van der Waals surface area contributed by atoms with Gasteiger partial charge in [-0.2, -0.15) is 0 Å². The molecule has 1 aromatic heterocycles. The quantitative estimate of drug-likeness (QED) is 0.670. The Morgan fingerprint density at radius 2 is 1.77 bits per heavy atom. The van der Waals surface area contributed by atoms with Crippen LogP contribution in [-0.2, 0) is 0 Å². The Kier molecular flexibility index (Phi) is 3.46. The van der Waals surface area contributed by atoms with Gasteiger partial charge in [-0.25, -0.2) is 0 Å². The highest BCUT2D eigenvalue weighted by atomic mass is 79.9. The summed E-state index contributed by atoms with van der Waals surface area (Å²) in [5.74, 6) is -0.992. The lowest BCUT2D eigenvalue weighted by Gasteiger charge is -2.01. The van der Waals surface area contributed by atoms with Gasteiger partial charge in [0.15, 0.2) is 0 Å². The van der Waals surface area contributed by atoms with Gasteiger partial charge in [-0.3, -0.25) is 9.59 Å². The molecule has 5 nitrogen and oxygen atoms in total. The van der Waals surface area contributed by atoms with Gasteiger partial charge in [-0.05, 0) is 35.9 Å². The Balaban J connectivity index is 2.23. The largest absolute Gasteiger partial charge is 0.366 e. The number of hydrogen-bond acceptors (Lipinski definition) is 2. The van der Waals surface area contributed by atoms with Crippen molar-refractivity contribution < 1.29 is 9.59 Å². The first-order valence-corrected chi connectivity index (χ1v) is 7.28. The maximum Gasteiger partial charge on any atom is 0.250 e. The zero-order valence-corrected chi connectivity index (χ0v) is 13.0. The van der Waals surface area contributed by atoms with Gasteiger partial charge in [0.05, 0.1) is 11.1 Å². The fourth-order valence-corrected chi connectivity index (χ4v) is 2.83. The summed E-state index contributed by atoms with van der Waals surface area (Å²) in [5.41, 5.74) is 13.8. The summed E-state index contributed by atoms with van der Waals surface area (Å²) in [6, 6.07) is 12.3.